The van der Waals surface area contributed by atoms with Gasteiger partial charge in [0.05, 0.1) is 29.6 Å². The zero-order valence-electron chi connectivity index (χ0n) is 31.4. The molecule has 2 N–H and O–H groups in total. The molecule has 2 unspecified atom stereocenters. The van der Waals surface area contributed by atoms with Crippen LogP contribution in [-0.2, 0) is 32.3 Å². The molecule has 0 saturated carbocycles. The van der Waals surface area contributed by atoms with Crippen molar-refractivity contribution in [3.63, 3.8) is 0 Å². The summed E-state index contributed by atoms with van der Waals surface area (Å²) in [6.45, 7) is 8.95. The van der Waals surface area contributed by atoms with Gasteiger partial charge < -0.3 is 14.8 Å². The molecule has 3 aliphatic rings. The first-order valence-electron chi connectivity index (χ1n) is 18.7. The molecule has 2 fully saturated rings. The van der Waals surface area contributed by atoms with E-state index in [1.165, 1.54) is 17.0 Å². The molecule has 3 aromatic heterocycles. The van der Waals surface area contributed by atoms with Gasteiger partial charge in [-0.15, -0.1) is 0 Å². The number of carbonyl (C=O) groups is 4. The predicted molar refractivity (Wildman–Crippen MR) is 203 cm³/mol. The number of benzene rings is 2. The zero-order chi connectivity index (χ0) is 40.1. The van der Waals surface area contributed by atoms with Crippen LogP contribution in [0.3, 0.4) is 0 Å². The Morgan fingerprint density at radius 2 is 1.77 bits per heavy atom. The lowest BCUT2D eigenvalue weighted by Gasteiger charge is -2.36. The largest absolute Gasteiger partial charge is 0.368 e. The van der Waals surface area contributed by atoms with E-state index in [0.29, 0.717) is 61.0 Å². The number of ketones is 1. The highest BCUT2D eigenvalue weighted by Crippen LogP contribution is 2.40. The number of aromatic nitrogens is 5. The van der Waals surface area contributed by atoms with Crippen LogP contribution < -0.4 is 15.5 Å². The lowest BCUT2D eigenvalue weighted by atomic mass is 9.97. The molecule has 2 atom stereocenters. The van der Waals surface area contributed by atoms with E-state index in [9.17, 15) is 19.2 Å². The number of piperidine rings is 1. The van der Waals surface area contributed by atoms with Crippen molar-refractivity contribution in [2.24, 2.45) is 0 Å². The lowest BCUT2D eigenvalue weighted by molar-refractivity contribution is -0.141. The molecule has 0 bridgehead atoms. The van der Waals surface area contributed by atoms with Gasteiger partial charge in [-0.05, 0) is 68.7 Å². The van der Waals surface area contributed by atoms with Crippen LogP contribution in [0.5, 0.6) is 0 Å². The number of aryl methyl sites for hydroxylation is 1. The van der Waals surface area contributed by atoms with E-state index >= 15 is 13.2 Å². The van der Waals surface area contributed by atoms with E-state index in [1.54, 1.807) is 25.3 Å². The van der Waals surface area contributed by atoms with Gasteiger partial charge in [0.15, 0.2) is 17.9 Å². The summed E-state index contributed by atoms with van der Waals surface area (Å²) in [5, 5.41) is 5.29. The number of aldehydes is 1. The van der Waals surface area contributed by atoms with Gasteiger partial charge in [-0.3, -0.25) is 34.3 Å². The van der Waals surface area contributed by atoms with Gasteiger partial charge >= 0.3 is 0 Å². The smallest absolute Gasteiger partial charge is 0.243 e. The third kappa shape index (κ3) is 7.23. The third-order valence-corrected chi connectivity index (χ3v) is 10.8. The van der Waals surface area contributed by atoms with Crippen LogP contribution in [0.2, 0.25) is 0 Å². The Morgan fingerprint density at radius 3 is 2.47 bits per heavy atom. The van der Waals surface area contributed by atoms with E-state index < -0.39 is 47.1 Å². The number of pyridine rings is 1. The molecule has 0 spiro atoms. The van der Waals surface area contributed by atoms with Gasteiger partial charge in [0.25, 0.3) is 0 Å². The second-order valence-electron chi connectivity index (χ2n) is 14.8. The van der Waals surface area contributed by atoms with Crippen LogP contribution in [0.25, 0.3) is 22.3 Å². The maximum Gasteiger partial charge on any atom is 0.243 e. The summed E-state index contributed by atoms with van der Waals surface area (Å²) in [7, 11) is 0. The molecule has 0 radical (unpaired) electrons. The van der Waals surface area contributed by atoms with Gasteiger partial charge in [0.1, 0.15) is 34.7 Å². The Kier molecular flexibility index (Phi) is 10.0. The molecule has 14 nitrogen and oxygen atoms in total. The van der Waals surface area contributed by atoms with E-state index in [1.807, 2.05) is 30.5 Å². The Balaban J connectivity index is 0.909. The number of nitrogens with zero attached hydrogens (tertiary/aromatic N) is 8. The molecule has 8 rings (SSSR count). The average Bonchev–Trinajstić information content (AvgIpc) is 3.74. The maximum atomic E-state index is 15.7. The fourth-order valence-electron chi connectivity index (χ4n) is 8.25. The number of hydrogen-bond acceptors (Lipinski definition) is 12. The van der Waals surface area contributed by atoms with Crippen molar-refractivity contribution in [2.45, 2.75) is 64.8 Å². The second-order valence-corrected chi connectivity index (χ2v) is 14.8. The highest BCUT2D eigenvalue weighted by Gasteiger charge is 2.45. The first kappa shape index (κ1) is 37.8. The highest BCUT2D eigenvalue weighted by atomic mass is 19.1. The summed E-state index contributed by atoms with van der Waals surface area (Å²) in [5.41, 5.74) is 3.17. The van der Waals surface area contributed by atoms with Gasteiger partial charge in [0, 0.05) is 62.9 Å². The molecule has 17 heteroatoms. The van der Waals surface area contributed by atoms with Crippen LogP contribution in [0.4, 0.5) is 30.6 Å². The minimum atomic E-state index is -1.23. The number of fused-ring (bicyclic) bond motifs is 2. The minimum Gasteiger partial charge on any atom is -0.368 e. The van der Waals surface area contributed by atoms with Crippen molar-refractivity contribution in [3.05, 3.63) is 88.8 Å². The van der Waals surface area contributed by atoms with E-state index in [4.69, 9.17) is 0 Å². The molecule has 2 saturated heterocycles. The maximum absolute atomic E-state index is 15.7. The predicted octanol–water partition coefficient (Wildman–Crippen LogP) is 4.69. The molecule has 2 amide bonds. The Hall–Kier alpha value is -6.07. The topological polar surface area (TPSA) is 159 Å². The first-order chi connectivity index (χ1) is 27.4. The molecule has 3 aliphatic heterocycles. The SMILES string of the molecule is Cc1nc2c(F)cc(-c3nc(Nc4ccc(N5CCN(Cc6cc(F)c7c(c6)CN(C6CCC(=O)NC6=O)C7C(=O)C=O)CC5)cn4)ncc3F)cc2n1C(C)C. The van der Waals surface area contributed by atoms with Crippen LogP contribution >= 0.6 is 0 Å². The summed E-state index contributed by atoms with van der Waals surface area (Å²) in [5.74, 6) is -2.53. The first-order valence-corrected chi connectivity index (χ1v) is 18.7. The number of piperazine rings is 1. The molecule has 294 valence electrons. The molecular weight excluding hydrogens is 741 g/mol. The summed E-state index contributed by atoms with van der Waals surface area (Å²) < 4.78 is 47.8. The van der Waals surface area contributed by atoms with E-state index in [-0.39, 0.29) is 60.0 Å². The zero-order valence-corrected chi connectivity index (χ0v) is 31.4. The number of Topliss-reactive ketones (excluding diaryl/α,β-unsaturated/α-hetero) is 1. The number of amides is 2. The normalized spacial score (nSPS) is 19.0. The van der Waals surface area contributed by atoms with Crippen molar-refractivity contribution in [2.75, 3.05) is 36.4 Å². The van der Waals surface area contributed by atoms with Crippen molar-refractivity contribution >= 4 is 52.4 Å². The fourth-order valence-corrected chi connectivity index (χ4v) is 8.25. The standard InChI is InChI=1S/C40H39F3N10O4/c1-21(2)53-22(3)46-37-28(42)14-24(15-31(37)53)36-29(43)17-45-40(49-36)47-33-6-4-26(16-44-33)51-10-8-50(9-11-51)18-23-12-25-19-52(30-5-7-34(56)48-39(30)57)38(32(55)20-54)35(25)27(41)13-23/h4,6,12-17,20-21,30,38H,5,7-11,18-19H2,1-3H3,(H,48,56,57)(H,44,45,47,49). The molecule has 0 aliphatic carbocycles. The Morgan fingerprint density at radius 1 is 0.982 bits per heavy atom. The Labute approximate surface area is 325 Å². The fraction of sp³-hybridized carbons (Fsp3) is 0.350. The van der Waals surface area contributed by atoms with Crippen molar-refractivity contribution < 1.29 is 32.3 Å². The quantitative estimate of drug-likeness (QED) is 0.115. The van der Waals surface area contributed by atoms with Crippen LogP contribution in [0.1, 0.15) is 61.3 Å². The number of imidazole rings is 1. The van der Waals surface area contributed by atoms with Gasteiger partial charge in [-0.2, -0.15) is 0 Å². The summed E-state index contributed by atoms with van der Waals surface area (Å²) in [6, 6.07) is 7.71. The summed E-state index contributed by atoms with van der Waals surface area (Å²) in [6.07, 6.45) is 3.15. The van der Waals surface area contributed by atoms with E-state index in [0.717, 1.165) is 11.9 Å². The van der Waals surface area contributed by atoms with Crippen LogP contribution in [0, 0.1) is 24.4 Å². The number of hydrogen-bond donors (Lipinski definition) is 2. The van der Waals surface area contributed by atoms with Crippen LogP contribution in [0.15, 0.2) is 48.8 Å². The number of nitrogens with one attached hydrogen (secondary N) is 2. The summed E-state index contributed by atoms with van der Waals surface area (Å²) in [4.78, 5) is 71.8. The van der Waals surface area contributed by atoms with Crippen molar-refractivity contribution in [1.29, 1.82) is 0 Å². The monoisotopic (exact) mass is 780 g/mol. The molecule has 2 aromatic carbocycles. The molecular formula is C40H39F3N10O4. The second kappa shape index (κ2) is 15.1. The minimum absolute atomic E-state index is 0.0131. The third-order valence-electron chi connectivity index (χ3n) is 10.8. The van der Waals surface area contributed by atoms with Gasteiger partial charge in [0.2, 0.25) is 23.5 Å². The summed E-state index contributed by atoms with van der Waals surface area (Å²) >= 11 is 0. The van der Waals surface area contributed by atoms with Gasteiger partial charge in [-0.1, -0.05) is 6.07 Å². The number of halogens is 3. The highest BCUT2D eigenvalue weighted by molar-refractivity contribution is 6.27. The Bertz CT molecular complexity index is 2430. The van der Waals surface area contributed by atoms with Crippen molar-refractivity contribution in [3.8, 4) is 11.3 Å². The number of rotatable bonds is 10. The number of imide groups is 1. The van der Waals surface area contributed by atoms with Crippen molar-refractivity contribution in [1.82, 2.24) is 39.6 Å². The molecule has 57 heavy (non-hydrogen) atoms. The molecule has 6 heterocycles. The van der Waals surface area contributed by atoms with Gasteiger partial charge in [-0.25, -0.2) is 33.1 Å². The number of anilines is 3. The number of carbonyl (C=O) groups excluding carboxylic acids is 4. The lowest BCUT2D eigenvalue weighted by Crippen LogP contribution is -2.52. The van der Waals surface area contributed by atoms with Crippen LogP contribution in [-0.4, -0.2) is 90.4 Å². The van der Waals surface area contributed by atoms with E-state index in [2.05, 4.69) is 40.4 Å². The average molecular weight is 781 g/mol. The molecule has 5 aromatic rings.